The number of benzene rings is 7. The Morgan fingerprint density at radius 3 is 1.60 bits per heavy atom. The SMILES string of the molecule is [C-]#[N+]c1ccc(-c2cccc(C#N)c2-c2cccc(-n3c4ccccc4c4ccccc43)c2)c(-n2c3ccccc3c3ccccc32)c1. The molecule has 222 valence electrons. The summed E-state index contributed by atoms with van der Waals surface area (Å²) in [6.07, 6.45) is 0. The van der Waals surface area contributed by atoms with Crippen molar-refractivity contribution < 1.29 is 0 Å². The van der Waals surface area contributed by atoms with Crippen LogP contribution in [-0.2, 0) is 0 Å². The van der Waals surface area contributed by atoms with Crippen molar-refractivity contribution in [2.75, 3.05) is 0 Å². The maximum atomic E-state index is 10.5. The molecule has 4 heteroatoms. The van der Waals surface area contributed by atoms with E-state index in [9.17, 15) is 5.26 Å². The average Bonchev–Trinajstić information content (AvgIpc) is 3.67. The third-order valence-corrected chi connectivity index (χ3v) is 9.38. The number of hydrogen-bond donors (Lipinski definition) is 0. The smallest absolute Gasteiger partial charge is 0.189 e. The summed E-state index contributed by atoms with van der Waals surface area (Å²) >= 11 is 0. The summed E-state index contributed by atoms with van der Waals surface area (Å²) < 4.78 is 4.56. The largest absolute Gasteiger partial charge is 0.310 e. The second-order valence-corrected chi connectivity index (χ2v) is 11.9. The molecule has 9 rings (SSSR count). The Hall–Kier alpha value is -6.88. The molecule has 0 unspecified atom stereocenters. The van der Waals surface area contributed by atoms with Crippen molar-refractivity contribution in [1.29, 1.82) is 5.26 Å². The highest BCUT2D eigenvalue weighted by molar-refractivity contribution is 6.11. The van der Waals surface area contributed by atoms with Gasteiger partial charge in [-0.05, 0) is 59.7 Å². The first kappa shape index (κ1) is 27.4. The van der Waals surface area contributed by atoms with Crippen LogP contribution in [0.5, 0.6) is 0 Å². The fourth-order valence-corrected chi connectivity index (χ4v) is 7.37. The van der Waals surface area contributed by atoms with E-state index in [-0.39, 0.29) is 0 Å². The van der Waals surface area contributed by atoms with E-state index in [0.717, 1.165) is 66.5 Å². The van der Waals surface area contributed by atoms with E-state index in [0.29, 0.717) is 11.3 Å². The molecule has 2 aromatic heterocycles. The normalized spacial score (nSPS) is 11.3. The standard InChI is InChI=1S/C44H26N4/c1-46-31-24-25-37(43(27-31)48-41-22-8-4-17-35(41)36-18-5-9-23-42(36)48)38-19-11-13-30(28-45)44(38)29-12-10-14-32(26-29)47-39-20-6-2-15-33(39)34-16-3-7-21-40(34)47/h2-27H. The van der Waals surface area contributed by atoms with Gasteiger partial charge in [0.15, 0.2) is 5.69 Å². The monoisotopic (exact) mass is 610 g/mol. The van der Waals surface area contributed by atoms with Crippen LogP contribution in [0.15, 0.2) is 158 Å². The van der Waals surface area contributed by atoms with Gasteiger partial charge in [0.25, 0.3) is 0 Å². The van der Waals surface area contributed by atoms with Crippen molar-refractivity contribution >= 4 is 49.3 Å². The van der Waals surface area contributed by atoms with E-state index in [1.54, 1.807) is 0 Å². The number of rotatable bonds is 4. The number of hydrogen-bond acceptors (Lipinski definition) is 1. The lowest BCUT2D eigenvalue weighted by Crippen LogP contribution is -1.99. The van der Waals surface area contributed by atoms with Crippen molar-refractivity contribution in [3.8, 4) is 39.7 Å². The summed E-state index contributed by atoms with van der Waals surface area (Å²) in [5.41, 5.74) is 11.2. The molecule has 7 aromatic carbocycles. The number of nitriles is 1. The molecule has 0 saturated heterocycles. The second-order valence-electron chi connectivity index (χ2n) is 11.9. The van der Waals surface area contributed by atoms with Gasteiger partial charge in [0, 0.05) is 44.0 Å². The van der Waals surface area contributed by atoms with Crippen LogP contribution >= 0.6 is 0 Å². The molecule has 0 radical (unpaired) electrons. The molecule has 0 aliphatic heterocycles. The molecule has 0 saturated carbocycles. The molecule has 0 aliphatic carbocycles. The van der Waals surface area contributed by atoms with Crippen LogP contribution in [0.3, 0.4) is 0 Å². The van der Waals surface area contributed by atoms with E-state index in [2.05, 4.69) is 147 Å². The minimum absolute atomic E-state index is 0.557. The highest BCUT2D eigenvalue weighted by Crippen LogP contribution is 2.43. The molecular weight excluding hydrogens is 585 g/mol. The van der Waals surface area contributed by atoms with E-state index in [4.69, 9.17) is 6.57 Å². The lowest BCUT2D eigenvalue weighted by molar-refractivity contribution is 1.18. The molecule has 0 N–H and O–H groups in total. The zero-order chi connectivity index (χ0) is 32.2. The zero-order valence-electron chi connectivity index (χ0n) is 25.8. The maximum absolute atomic E-state index is 10.5. The van der Waals surface area contributed by atoms with Gasteiger partial charge in [-0.15, -0.1) is 0 Å². The Bertz CT molecular complexity index is 2710. The number of para-hydroxylation sites is 4. The van der Waals surface area contributed by atoms with Crippen molar-refractivity contribution in [3.05, 3.63) is 175 Å². The van der Waals surface area contributed by atoms with Gasteiger partial charge in [-0.1, -0.05) is 109 Å². The van der Waals surface area contributed by atoms with Gasteiger partial charge in [-0.2, -0.15) is 5.26 Å². The molecule has 0 bridgehead atoms. The van der Waals surface area contributed by atoms with Gasteiger partial charge < -0.3 is 9.13 Å². The average molecular weight is 611 g/mol. The number of nitrogens with zero attached hydrogens (tertiary/aromatic N) is 4. The van der Waals surface area contributed by atoms with Gasteiger partial charge in [-0.25, -0.2) is 4.85 Å². The van der Waals surface area contributed by atoms with E-state index < -0.39 is 0 Å². The van der Waals surface area contributed by atoms with Crippen LogP contribution in [0, 0.1) is 17.9 Å². The third kappa shape index (κ3) is 4.07. The molecule has 0 spiro atoms. The Kier molecular flexibility index (Phi) is 6.22. The minimum atomic E-state index is 0.557. The fraction of sp³-hybridized carbons (Fsp3) is 0. The van der Waals surface area contributed by atoms with Gasteiger partial charge in [0.1, 0.15) is 0 Å². The summed E-state index contributed by atoms with van der Waals surface area (Å²) in [6.45, 7) is 7.88. The highest BCUT2D eigenvalue weighted by Gasteiger charge is 2.20. The first-order valence-electron chi connectivity index (χ1n) is 15.9. The molecule has 0 amide bonds. The topological polar surface area (TPSA) is 38.0 Å². The Balaban J connectivity index is 1.32. The third-order valence-electron chi connectivity index (χ3n) is 9.38. The van der Waals surface area contributed by atoms with Crippen LogP contribution in [0.2, 0.25) is 0 Å². The van der Waals surface area contributed by atoms with Gasteiger partial charge in [-0.3, -0.25) is 0 Å². The van der Waals surface area contributed by atoms with Crippen LogP contribution in [0.4, 0.5) is 5.69 Å². The van der Waals surface area contributed by atoms with Crippen LogP contribution in [0.25, 0.3) is 82.1 Å². The molecule has 4 nitrogen and oxygen atoms in total. The molecular formula is C44H26N4. The number of aromatic nitrogens is 2. The summed E-state index contributed by atoms with van der Waals surface area (Å²) in [5.74, 6) is 0. The Morgan fingerprint density at radius 2 is 1.04 bits per heavy atom. The molecule has 9 aromatic rings. The Morgan fingerprint density at radius 1 is 0.500 bits per heavy atom. The first-order chi connectivity index (χ1) is 23.7. The van der Waals surface area contributed by atoms with Crippen LogP contribution in [-0.4, -0.2) is 9.13 Å². The predicted molar refractivity (Wildman–Crippen MR) is 197 cm³/mol. The van der Waals surface area contributed by atoms with Crippen molar-refractivity contribution in [3.63, 3.8) is 0 Å². The molecule has 0 atom stereocenters. The van der Waals surface area contributed by atoms with Gasteiger partial charge >= 0.3 is 0 Å². The van der Waals surface area contributed by atoms with Crippen LogP contribution in [0.1, 0.15) is 5.56 Å². The Labute approximate surface area is 277 Å². The lowest BCUT2D eigenvalue weighted by Gasteiger charge is -2.19. The van der Waals surface area contributed by atoms with Crippen molar-refractivity contribution in [2.45, 2.75) is 0 Å². The van der Waals surface area contributed by atoms with E-state index in [1.807, 2.05) is 30.3 Å². The van der Waals surface area contributed by atoms with Gasteiger partial charge in [0.05, 0.1) is 40.3 Å². The molecule has 0 aliphatic rings. The lowest BCUT2D eigenvalue weighted by atomic mass is 9.89. The second kappa shape index (κ2) is 10.9. The minimum Gasteiger partial charge on any atom is -0.310 e. The summed E-state index contributed by atoms with van der Waals surface area (Å²) in [5, 5.41) is 15.2. The maximum Gasteiger partial charge on any atom is 0.189 e. The fourth-order valence-electron chi connectivity index (χ4n) is 7.37. The van der Waals surface area contributed by atoms with Gasteiger partial charge in [0.2, 0.25) is 0 Å². The highest BCUT2D eigenvalue weighted by atomic mass is 15.0. The summed E-state index contributed by atoms with van der Waals surface area (Å²) in [6, 6.07) is 56.5. The summed E-state index contributed by atoms with van der Waals surface area (Å²) in [7, 11) is 0. The zero-order valence-corrected chi connectivity index (χ0v) is 25.8. The van der Waals surface area contributed by atoms with Crippen molar-refractivity contribution in [2.24, 2.45) is 0 Å². The van der Waals surface area contributed by atoms with E-state index in [1.165, 1.54) is 10.8 Å². The first-order valence-corrected chi connectivity index (χ1v) is 15.9. The molecule has 48 heavy (non-hydrogen) atoms. The summed E-state index contributed by atoms with van der Waals surface area (Å²) in [4.78, 5) is 3.82. The van der Waals surface area contributed by atoms with Crippen LogP contribution < -0.4 is 0 Å². The molecule has 0 fully saturated rings. The predicted octanol–water partition coefficient (Wildman–Crippen LogP) is 11.6. The number of fused-ring (bicyclic) bond motifs is 6. The van der Waals surface area contributed by atoms with E-state index >= 15 is 0 Å². The van der Waals surface area contributed by atoms with Crippen molar-refractivity contribution in [1.82, 2.24) is 9.13 Å². The molecule has 2 heterocycles. The quantitative estimate of drug-likeness (QED) is 0.183.